The van der Waals surface area contributed by atoms with Gasteiger partial charge >= 0.3 is 42.2 Å². The molecule has 4 saturated carbocycles. The Morgan fingerprint density at radius 2 is 0.687 bits per heavy atom. The van der Waals surface area contributed by atoms with E-state index in [-0.39, 0.29) is 94.3 Å². The number of anilines is 3. The summed E-state index contributed by atoms with van der Waals surface area (Å²) in [5.41, 5.74) is 30.4. The quantitative estimate of drug-likeness (QED) is 0.0181. The summed E-state index contributed by atoms with van der Waals surface area (Å²) in [6, 6.07) is 0. The van der Waals surface area contributed by atoms with Crippen LogP contribution in [0.3, 0.4) is 0 Å². The number of nitrogens with two attached hydrogens (primary N) is 3. The molecule has 14 heterocycles. The molecule has 0 radical (unpaired) electrons. The molecule has 4 fully saturated rings. The second kappa shape index (κ2) is 56.3. The Kier molecular flexibility index (Phi) is 47.9. The van der Waals surface area contributed by atoms with E-state index in [9.17, 15) is 59.9 Å². The molecule has 7 N–H and O–H groups in total. The number of nitrogens with zero attached hydrogens (tertiary/aromatic N) is 18. The lowest BCUT2D eigenvalue weighted by Crippen LogP contribution is -2.28. The van der Waals surface area contributed by atoms with Crippen LogP contribution in [0.2, 0.25) is 0 Å². The van der Waals surface area contributed by atoms with E-state index < -0.39 is 38.9 Å². The van der Waals surface area contributed by atoms with Crippen LogP contribution in [0.25, 0.3) is 72.4 Å². The highest BCUT2D eigenvalue weighted by molar-refractivity contribution is 9.12. The topological polar surface area (TPSA) is 658 Å². The van der Waals surface area contributed by atoms with Crippen molar-refractivity contribution in [2.45, 2.75) is 274 Å². The van der Waals surface area contributed by atoms with Crippen LogP contribution in [0.5, 0.6) is 0 Å². The first-order valence-electron chi connectivity index (χ1n) is 44.8. The summed E-state index contributed by atoms with van der Waals surface area (Å²) in [7, 11) is 0. The minimum atomic E-state index is -0.748. The summed E-state index contributed by atoms with van der Waals surface area (Å²) >= 11 is 20.2. The molecule has 4 aliphatic carbocycles. The van der Waals surface area contributed by atoms with Crippen molar-refractivity contribution in [1.82, 2.24) is 69.8 Å². The molecular formula is C94H112Br3N21O22S7. The molecule has 0 spiro atoms. The number of nitro groups is 4. The minimum Gasteiger partial charge on any atom is -0.460 e. The maximum absolute atomic E-state index is 12.5. The molecule has 4 aliphatic rings. The number of aliphatic hydroxyl groups excluding tert-OH is 1. The average Bonchev–Trinajstić information content (AvgIpc) is 1.59. The van der Waals surface area contributed by atoms with Crippen LogP contribution < -0.4 is 17.2 Å². The fourth-order valence-electron chi connectivity index (χ4n) is 15.4. The van der Waals surface area contributed by atoms with Gasteiger partial charge in [-0.15, -0.1) is 0 Å². The Balaban J connectivity index is 0.000000290. The van der Waals surface area contributed by atoms with Crippen LogP contribution in [0.4, 0.5) is 39.8 Å². The predicted octanol–water partition coefficient (Wildman–Crippen LogP) is 21.7. The van der Waals surface area contributed by atoms with E-state index in [0.29, 0.717) is 71.2 Å². The van der Waals surface area contributed by atoms with Crippen molar-refractivity contribution in [3.05, 3.63) is 157 Å². The fourth-order valence-corrected chi connectivity index (χ4v) is 21.4. The molecule has 14 aromatic rings. The molecule has 43 nitrogen and oxygen atoms in total. The van der Waals surface area contributed by atoms with Gasteiger partial charge in [-0.3, -0.25) is 54.8 Å². The maximum Gasteiger partial charge on any atom is 0.373 e. The van der Waals surface area contributed by atoms with Gasteiger partial charge in [0, 0.05) is 38.2 Å². The number of ether oxygens (including phenoxy) is 2. The minimum absolute atomic E-state index is 0. The monoisotopic (exact) mass is 2350 g/mol. The van der Waals surface area contributed by atoms with E-state index in [4.69, 9.17) is 65.0 Å². The molecule has 147 heavy (non-hydrogen) atoms. The van der Waals surface area contributed by atoms with Crippen LogP contribution in [-0.4, -0.2) is 165 Å². The Labute approximate surface area is 896 Å². The van der Waals surface area contributed by atoms with Crippen molar-refractivity contribution in [3.8, 4) is 0 Å². The van der Waals surface area contributed by atoms with Crippen molar-refractivity contribution in [1.29, 1.82) is 0 Å². The first-order chi connectivity index (χ1) is 68.8. The van der Waals surface area contributed by atoms with Gasteiger partial charge in [-0.2, -0.15) is 38.4 Å². The summed E-state index contributed by atoms with van der Waals surface area (Å²) in [5, 5.41) is 62.2. The van der Waals surface area contributed by atoms with Crippen LogP contribution in [0, 0.1) is 88.9 Å². The lowest BCUT2D eigenvalue weighted by Gasteiger charge is -2.23. The molecule has 1 unspecified atom stereocenters. The number of carbonyl (C=O) groups excluding carboxylic acids is 11. The van der Waals surface area contributed by atoms with Gasteiger partial charge in [0.1, 0.15) is 125 Å². The third-order valence-corrected chi connectivity index (χ3v) is 31.1. The molecule has 0 aliphatic heterocycles. The average molecular weight is 2350 g/mol. The first-order valence-corrected chi connectivity index (χ1v) is 53.5. The van der Waals surface area contributed by atoms with Crippen molar-refractivity contribution in [3.63, 3.8) is 0 Å². The molecule has 14 aromatic heterocycles. The smallest absolute Gasteiger partial charge is 0.373 e. The zero-order valence-electron chi connectivity index (χ0n) is 83.1. The van der Waals surface area contributed by atoms with E-state index in [0.717, 1.165) is 166 Å². The predicted molar refractivity (Wildman–Crippen MR) is 573 cm³/mol. The van der Waals surface area contributed by atoms with Gasteiger partial charge in [0.25, 0.3) is 17.1 Å². The maximum atomic E-state index is 12.5. The SMILES string of the molecule is BrCCBr.C.CC(=O)CC(=O)OC(C)(C)C.CCC(C(=O)OC(C)(C)C)c1c([N+](=O)[O-])cnc2sc(C)nc12.CCC1(c2c(N)cnc3sc(C)nc23)CC1.CCC1(c2c(N)cnc3sc(C)nc23)CC1.CCC1(c2c([N+](=O)[O-])cnc3sc(C)nc23)CC1.CCCc1c([N+](=O)[O-])cnc2sc(C)nc12.Cc1nc2c(Br)c([N+](=O)[O-])cnc2s1.Cc1nc2c(C3(CO)CC3)c(N)cnc2s1.O=C=O.O=C=O.O=C=O.O=C=O. The number of carbonyl (C=O) groups is 3. The lowest BCUT2D eigenvalue weighted by atomic mass is 9.92. The highest BCUT2D eigenvalue weighted by Crippen LogP contribution is 2.58. The lowest BCUT2D eigenvalue weighted by molar-refractivity contribution is -0.386. The van der Waals surface area contributed by atoms with Crippen molar-refractivity contribution in [2.75, 3.05) is 34.5 Å². The first kappa shape index (κ1) is 125. The molecule has 1 atom stereocenters. The second-order valence-electron chi connectivity index (χ2n) is 34.9. The van der Waals surface area contributed by atoms with E-state index >= 15 is 0 Å². The summed E-state index contributed by atoms with van der Waals surface area (Å²) < 4.78 is 10.7. The standard InChI is InChI=1S/C15H19N3O4S.C12H13N3O2S.2C12H15N3S.C11H13N3OS.C10H11N3O2S.C8H14O3.C7H4BrN3O2S.C2H4Br2.4CO2.CH4/c1-6-9(14(19)22-15(3,4)5)11-10(18(20)21)7-16-13-12(11)17-8(2)23-13;1-3-12(4-5-12)9-8(15(16)17)6-13-11-10(9)14-7(2)18-11;2*1-3-12(4-5-12)9-8(13)6-14-11-10(9)15-7(2)16-11;1-6-14-9-8(11(5-15)2-3-11)7(12)4-13-10(9)16-6;1-3-4-7-8(13(14)15)5-11-10-9(7)12-6(2)16-10;1-6(9)5-7(10)11-8(2,3)4;1-3-10-6-5(8)4(11(12)13)2-9-7(6)14-3;3-1-2-4;4*2-1-3;/h7,9H,6H2,1-5H3;6H,3-5H2,1-2H3;2*6H,3-5,13H2,1-2H3;4,15H,2-3,5,12H2,1H3;5H,3-4H2,1-2H3;5H2,1-4H3;2H,1H3;1-2H2;;;;;1H4. The molecule has 18 rings (SSSR count). The van der Waals surface area contributed by atoms with Gasteiger partial charge in [-0.25, -0.2) is 69.8 Å². The number of aromatic nitrogens is 14. The third kappa shape index (κ3) is 33.7. The molecule has 0 saturated heterocycles. The van der Waals surface area contributed by atoms with Gasteiger partial charge < -0.3 is 31.8 Å². The zero-order chi connectivity index (χ0) is 110. The number of aryl methyl sites for hydroxylation is 8. The third-order valence-electron chi connectivity index (χ3n) is 22.3. The number of pyridine rings is 7. The number of nitrogen functional groups attached to an aromatic ring is 3. The number of halogens is 3. The van der Waals surface area contributed by atoms with Gasteiger partial charge in [0.05, 0.1) is 120 Å². The summed E-state index contributed by atoms with van der Waals surface area (Å²) in [4.78, 5) is 207. The van der Waals surface area contributed by atoms with Crippen LogP contribution in [0.15, 0.2) is 47.9 Å². The molecule has 0 aromatic carbocycles. The zero-order valence-corrected chi connectivity index (χ0v) is 93.6. The fraction of sp³-hybridized carbons (Fsp3) is 0.479. The largest absolute Gasteiger partial charge is 0.460 e. The second-order valence-corrected chi connectivity index (χ2v) is 45.6. The van der Waals surface area contributed by atoms with Gasteiger partial charge in [0.2, 0.25) is 0 Å². The van der Waals surface area contributed by atoms with Crippen molar-refractivity contribution < 1.29 is 87.0 Å². The van der Waals surface area contributed by atoms with Crippen LogP contribution in [-0.2, 0) is 90.3 Å². The molecule has 0 amide bonds. The van der Waals surface area contributed by atoms with E-state index in [1.807, 2.05) is 48.5 Å². The number of esters is 2. The normalized spacial score (nSPS) is 13.4. The summed E-state index contributed by atoms with van der Waals surface area (Å²) in [6.45, 7) is 35.9. The Morgan fingerprint density at radius 1 is 0.422 bits per heavy atom. The Morgan fingerprint density at radius 3 is 0.980 bits per heavy atom. The highest BCUT2D eigenvalue weighted by atomic mass is 79.9. The number of hydrogen-bond acceptors (Lipinski definition) is 46. The Hall–Kier alpha value is -12.2. The van der Waals surface area contributed by atoms with Gasteiger partial charge in [-0.05, 0) is 207 Å². The number of rotatable bonds is 20. The number of aliphatic hydroxyl groups is 1. The molecule has 0 bridgehead atoms. The number of fused-ring (bicyclic) bond motifs is 7. The number of thiazole rings is 7. The number of alkyl halides is 2. The highest BCUT2D eigenvalue weighted by Gasteiger charge is 2.51. The van der Waals surface area contributed by atoms with Gasteiger partial charge in [-0.1, -0.05) is 160 Å². The van der Waals surface area contributed by atoms with E-state index in [2.05, 4.69) is 138 Å². The van der Waals surface area contributed by atoms with Crippen LogP contribution >= 0.6 is 127 Å². The van der Waals surface area contributed by atoms with E-state index in [1.165, 1.54) is 114 Å². The van der Waals surface area contributed by atoms with Crippen LogP contribution in [0.1, 0.15) is 255 Å². The Bertz CT molecular complexity index is 6880. The number of hydrogen-bond donors (Lipinski definition) is 4. The van der Waals surface area contributed by atoms with Gasteiger partial charge in [0.15, 0.2) is 0 Å². The molecular weight excluding hydrogens is 2240 g/mol. The van der Waals surface area contributed by atoms with Crippen molar-refractivity contribution in [2.24, 2.45) is 0 Å². The van der Waals surface area contributed by atoms with E-state index in [1.54, 1.807) is 108 Å². The summed E-state index contributed by atoms with van der Waals surface area (Å²) in [5.74, 6) is -1.85. The summed E-state index contributed by atoms with van der Waals surface area (Å²) in [6.07, 6.45) is 25.4. The molecule has 53 heteroatoms. The molecule has 788 valence electrons. The number of Topliss-reactive ketones (excluding diaryl/α,β-unsaturated/α-hetero) is 1. The number of ketones is 1. The van der Waals surface area contributed by atoms with Crippen molar-refractivity contribution >= 4 is 282 Å².